The maximum Gasteiger partial charge on any atom is 0.459 e. The predicted molar refractivity (Wildman–Crippen MR) is 147 cm³/mol. The van der Waals surface area contributed by atoms with Gasteiger partial charge in [-0.1, -0.05) is 48.5 Å². The molecule has 0 radical (unpaired) electrons. The number of benzene rings is 2. The molecule has 0 spiro atoms. The number of aliphatic hydroxyl groups excluding tert-OH is 1. The number of fused-ring (bicyclic) bond motifs is 1. The zero-order valence-corrected chi connectivity index (χ0v) is 22.8. The van der Waals surface area contributed by atoms with E-state index in [-0.39, 0.29) is 23.7 Å². The Balaban J connectivity index is 1.41. The quantitative estimate of drug-likeness (QED) is 0.124. The highest BCUT2D eigenvalue weighted by Gasteiger charge is 2.58. The lowest BCUT2D eigenvalue weighted by atomic mass is 9.91. The van der Waals surface area contributed by atoms with Crippen LogP contribution in [0.1, 0.15) is 17.4 Å². The number of nitrogens with zero attached hydrogens (tertiary/aromatic N) is 4. The van der Waals surface area contributed by atoms with Crippen molar-refractivity contribution < 1.29 is 38.5 Å². The maximum atomic E-state index is 14.0. The normalized spacial score (nSPS) is 24.1. The maximum absolute atomic E-state index is 14.0. The Morgan fingerprint density at radius 3 is 2.55 bits per heavy atom. The number of rotatable bonds is 11. The molecule has 1 fully saturated rings. The van der Waals surface area contributed by atoms with E-state index < -0.39 is 50.3 Å². The number of nitrogen functional groups attached to an aromatic ring is 1. The second-order valence-electron chi connectivity index (χ2n) is 9.54. The molecule has 0 amide bonds. The average Bonchev–Trinajstić information content (AvgIpc) is 3.52. The van der Waals surface area contributed by atoms with Crippen molar-refractivity contribution >= 4 is 25.1 Å². The molecule has 0 saturated carbocycles. The van der Waals surface area contributed by atoms with Gasteiger partial charge < -0.3 is 30.3 Å². The molecule has 6 N–H and O–H groups in total. The summed E-state index contributed by atoms with van der Waals surface area (Å²) in [5, 5.41) is 48.4. The highest BCUT2D eigenvalue weighted by molar-refractivity contribution is 7.52. The molecule has 3 heterocycles. The molecule has 14 nitrogen and oxygen atoms in total. The highest BCUT2D eigenvalue weighted by atomic mass is 31.2. The average molecular weight is 595 g/mol. The van der Waals surface area contributed by atoms with Crippen molar-refractivity contribution in [3.8, 4) is 11.8 Å². The second kappa shape index (κ2) is 11.9. The SMILES string of the molecule is N#C[C@]1(O)[C@H](O)[C@@H](c2ccc3c(N)ncnn23)O[C@@H]1COP(=O)(NC(Cc1ccccc1)C(=O)O)Oc1ccccc1. The molecular weight excluding hydrogens is 567 g/mol. The van der Waals surface area contributed by atoms with E-state index in [1.165, 1.54) is 23.0 Å². The predicted octanol–water partition coefficient (Wildman–Crippen LogP) is 1.86. The summed E-state index contributed by atoms with van der Waals surface area (Å²) < 4.78 is 32.5. The van der Waals surface area contributed by atoms with Crippen molar-refractivity contribution in [3.63, 3.8) is 0 Å². The van der Waals surface area contributed by atoms with E-state index in [9.17, 15) is 29.9 Å². The molecule has 4 aromatic rings. The number of aliphatic carboxylic acids is 1. The Hall–Kier alpha value is -4.35. The molecular formula is C27H27N6O8P. The van der Waals surface area contributed by atoms with E-state index in [1.54, 1.807) is 66.7 Å². The first-order valence-corrected chi connectivity index (χ1v) is 14.3. The molecule has 15 heteroatoms. The van der Waals surface area contributed by atoms with Gasteiger partial charge in [-0.05, 0) is 36.2 Å². The standard InChI is InChI=1S/C27H27N6O8P/c28-15-27(37)22(40-23(24(27)34)20-11-12-21-25(29)30-16-31-33(20)21)14-39-42(38,41-18-9-5-2-6-10-18)32-19(26(35)36)13-17-7-3-1-4-8-17/h1-12,16,19,22-24,34,37H,13-14H2,(H,32,38)(H,35,36)(H2,29,30,31)/t19?,22-,23-,24-,27-,42?/m1/s1. The van der Waals surface area contributed by atoms with Gasteiger partial charge in [-0.2, -0.15) is 15.4 Å². The third-order valence-corrected chi connectivity index (χ3v) is 8.35. The molecule has 1 aliphatic heterocycles. The number of nitrogens with one attached hydrogen (secondary N) is 1. The van der Waals surface area contributed by atoms with Gasteiger partial charge in [0.05, 0.1) is 12.3 Å². The summed E-state index contributed by atoms with van der Waals surface area (Å²) in [6.07, 6.45) is -3.46. The molecule has 0 bridgehead atoms. The van der Waals surface area contributed by atoms with Gasteiger partial charge in [0.1, 0.15) is 48.0 Å². The zero-order valence-electron chi connectivity index (χ0n) is 21.9. The molecule has 42 heavy (non-hydrogen) atoms. The number of carbonyl (C=O) groups is 1. The molecule has 2 unspecified atom stereocenters. The lowest BCUT2D eigenvalue weighted by Crippen LogP contribution is -2.48. The summed E-state index contributed by atoms with van der Waals surface area (Å²) in [5.41, 5.74) is 4.70. The number of nitriles is 1. The number of para-hydroxylation sites is 1. The minimum atomic E-state index is -4.51. The first-order chi connectivity index (χ1) is 20.1. The summed E-state index contributed by atoms with van der Waals surface area (Å²) in [4.78, 5) is 16.0. The highest BCUT2D eigenvalue weighted by Crippen LogP contribution is 2.48. The number of carboxylic acids is 1. The number of hydrogen-bond acceptors (Lipinski definition) is 11. The van der Waals surface area contributed by atoms with E-state index in [0.29, 0.717) is 11.1 Å². The van der Waals surface area contributed by atoms with Crippen molar-refractivity contribution in [1.82, 2.24) is 19.7 Å². The second-order valence-corrected chi connectivity index (χ2v) is 11.2. The van der Waals surface area contributed by atoms with E-state index in [2.05, 4.69) is 15.2 Å². The third-order valence-electron chi connectivity index (χ3n) is 6.78. The number of aliphatic hydroxyl groups is 2. The number of anilines is 1. The Morgan fingerprint density at radius 1 is 1.19 bits per heavy atom. The third kappa shape index (κ3) is 5.83. The molecule has 2 aromatic heterocycles. The summed E-state index contributed by atoms with van der Waals surface area (Å²) in [6.45, 7) is -0.729. The van der Waals surface area contributed by atoms with Crippen LogP contribution >= 0.6 is 7.75 Å². The van der Waals surface area contributed by atoms with Crippen LogP contribution in [0.5, 0.6) is 5.75 Å². The molecule has 6 atom stereocenters. The lowest BCUT2D eigenvalue weighted by molar-refractivity contribution is -0.139. The van der Waals surface area contributed by atoms with Crippen LogP contribution in [0.25, 0.3) is 5.52 Å². The summed E-state index contributed by atoms with van der Waals surface area (Å²) in [5.74, 6) is -1.05. The fourth-order valence-electron chi connectivity index (χ4n) is 4.61. The van der Waals surface area contributed by atoms with Crippen molar-refractivity contribution in [2.24, 2.45) is 0 Å². The van der Waals surface area contributed by atoms with Crippen LogP contribution in [0.3, 0.4) is 0 Å². The van der Waals surface area contributed by atoms with Crippen LogP contribution in [0.4, 0.5) is 5.82 Å². The fraction of sp³-hybridized carbons (Fsp3) is 0.259. The Kier molecular flexibility index (Phi) is 8.24. The molecule has 0 aliphatic carbocycles. The van der Waals surface area contributed by atoms with Gasteiger partial charge in [0.15, 0.2) is 5.82 Å². The lowest BCUT2D eigenvalue weighted by Gasteiger charge is -2.27. The Bertz CT molecular complexity index is 1650. The van der Waals surface area contributed by atoms with Crippen LogP contribution in [-0.4, -0.2) is 66.3 Å². The van der Waals surface area contributed by atoms with Gasteiger partial charge in [-0.3, -0.25) is 9.32 Å². The van der Waals surface area contributed by atoms with Crippen molar-refractivity contribution in [2.45, 2.75) is 36.4 Å². The summed E-state index contributed by atoms with van der Waals surface area (Å²) in [7, 11) is -4.51. The van der Waals surface area contributed by atoms with Crippen molar-refractivity contribution in [2.75, 3.05) is 12.3 Å². The number of hydrogen-bond donors (Lipinski definition) is 5. The molecule has 218 valence electrons. The van der Waals surface area contributed by atoms with Gasteiger partial charge in [-0.25, -0.2) is 14.1 Å². The monoisotopic (exact) mass is 594 g/mol. The molecule has 1 saturated heterocycles. The molecule has 1 aliphatic rings. The summed E-state index contributed by atoms with van der Waals surface area (Å²) >= 11 is 0. The van der Waals surface area contributed by atoms with Crippen LogP contribution in [0.15, 0.2) is 79.1 Å². The fourth-order valence-corrected chi connectivity index (χ4v) is 6.10. The molecule has 5 rings (SSSR count). The Morgan fingerprint density at radius 2 is 1.88 bits per heavy atom. The number of ether oxygens (including phenoxy) is 1. The number of aromatic nitrogens is 3. The van der Waals surface area contributed by atoms with Crippen LogP contribution in [-0.2, 0) is 25.0 Å². The van der Waals surface area contributed by atoms with E-state index >= 15 is 0 Å². The first kappa shape index (κ1) is 29.2. The van der Waals surface area contributed by atoms with E-state index in [4.69, 9.17) is 19.5 Å². The van der Waals surface area contributed by atoms with Gasteiger partial charge in [-0.15, -0.1) is 0 Å². The molecule has 2 aromatic carbocycles. The first-order valence-electron chi connectivity index (χ1n) is 12.7. The zero-order chi connectivity index (χ0) is 29.9. The largest absolute Gasteiger partial charge is 0.480 e. The Labute approximate surface area is 239 Å². The van der Waals surface area contributed by atoms with Crippen LogP contribution in [0, 0.1) is 11.3 Å². The minimum Gasteiger partial charge on any atom is -0.480 e. The smallest absolute Gasteiger partial charge is 0.459 e. The van der Waals surface area contributed by atoms with Crippen LogP contribution in [0.2, 0.25) is 0 Å². The topological polar surface area (TPSA) is 215 Å². The van der Waals surface area contributed by atoms with E-state index in [1.807, 2.05) is 0 Å². The number of nitrogens with two attached hydrogens (primary N) is 1. The van der Waals surface area contributed by atoms with Gasteiger partial charge in [0, 0.05) is 0 Å². The number of carboxylic acid groups (broad SMARTS) is 1. The van der Waals surface area contributed by atoms with Gasteiger partial charge in [0.25, 0.3) is 0 Å². The van der Waals surface area contributed by atoms with Gasteiger partial charge in [0.2, 0.25) is 5.60 Å². The van der Waals surface area contributed by atoms with E-state index in [0.717, 1.165) is 0 Å². The van der Waals surface area contributed by atoms with Crippen molar-refractivity contribution in [1.29, 1.82) is 5.26 Å². The summed E-state index contributed by atoms with van der Waals surface area (Å²) in [6, 6.07) is 20.0. The van der Waals surface area contributed by atoms with Crippen LogP contribution < -0.4 is 15.3 Å². The van der Waals surface area contributed by atoms with Gasteiger partial charge >= 0.3 is 13.7 Å². The van der Waals surface area contributed by atoms with Crippen molar-refractivity contribution in [3.05, 3.63) is 90.4 Å². The minimum absolute atomic E-state index is 0.0587.